The van der Waals surface area contributed by atoms with Crippen LogP contribution < -0.4 is 4.74 Å². The Balaban J connectivity index is 1.91. The number of ether oxygens (including phenoxy) is 1. The molecule has 0 atom stereocenters. The average Bonchev–Trinajstić information content (AvgIpc) is 2.70. The number of Topliss-reactive ketones (excluding diaryl/α,β-unsaturated/α-hetero) is 1. The zero-order chi connectivity index (χ0) is 16.4. The minimum Gasteiger partial charge on any atom is -0.508 e. The topological polar surface area (TPSA) is 66.8 Å². The van der Waals surface area contributed by atoms with Gasteiger partial charge in [-0.05, 0) is 43.0 Å². The van der Waals surface area contributed by atoms with Crippen LogP contribution in [0.2, 0.25) is 0 Å². The summed E-state index contributed by atoms with van der Waals surface area (Å²) in [6.45, 7) is 2.07. The standard InChI is InChI=1S/C19H20O4/c1-2-3-4-16(21)12-6-8-18-13(9-12)5-7-15-17(22)10-14(20)11-19(15)23-18/h6,8-11,20,22H,2-5,7H2,1H3. The fraction of sp³-hybridized carbons (Fsp3) is 0.316. The van der Waals surface area contributed by atoms with Crippen LogP contribution in [0.4, 0.5) is 0 Å². The van der Waals surface area contributed by atoms with Gasteiger partial charge in [-0.1, -0.05) is 13.3 Å². The number of aryl methyl sites for hydroxylation is 1. The van der Waals surface area contributed by atoms with Crippen LogP contribution in [0.1, 0.15) is 47.7 Å². The van der Waals surface area contributed by atoms with E-state index in [4.69, 9.17) is 4.74 Å². The quantitative estimate of drug-likeness (QED) is 0.823. The van der Waals surface area contributed by atoms with Crippen LogP contribution in [0.5, 0.6) is 23.0 Å². The van der Waals surface area contributed by atoms with E-state index < -0.39 is 0 Å². The number of phenols is 2. The Morgan fingerprint density at radius 2 is 1.96 bits per heavy atom. The molecule has 0 bridgehead atoms. The van der Waals surface area contributed by atoms with Gasteiger partial charge in [0.1, 0.15) is 23.0 Å². The molecule has 2 aromatic carbocycles. The Labute approximate surface area is 135 Å². The van der Waals surface area contributed by atoms with Crippen LogP contribution in [0.15, 0.2) is 30.3 Å². The molecule has 0 radical (unpaired) electrons. The normalized spacial score (nSPS) is 12.7. The number of fused-ring (bicyclic) bond motifs is 2. The van der Waals surface area contributed by atoms with Crippen LogP contribution >= 0.6 is 0 Å². The smallest absolute Gasteiger partial charge is 0.162 e. The van der Waals surface area contributed by atoms with E-state index in [1.165, 1.54) is 12.1 Å². The monoisotopic (exact) mass is 312 g/mol. The molecule has 2 aromatic rings. The lowest BCUT2D eigenvalue weighted by Crippen LogP contribution is -2.00. The van der Waals surface area contributed by atoms with Crippen molar-refractivity contribution < 1.29 is 19.7 Å². The van der Waals surface area contributed by atoms with E-state index >= 15 is 0 Å². The number of unbranched alkanes of at least 4 members (excludes halogenated alkanes) is 1. The molecule has 0 fully saturated rings. The van der Waals surface area contributed by atoms with Crippen LogP contribution in [0.25, 0.3) is 0 Å². The summed E-state index contributed by atoms with van der Waals surface area (Å²) in [4.78, 5) is 12.2. The fourth-order valence-corrected chi connectivity index (χ4v) is 2.87. The van der Waals surface area contributed by atoms with Gasteiger partial charge in [0.15, 0.2) is 5.78 Å². The summed E-state index contributed by atoms with van der Waals surface area (Å²) >= 11 is 0. The highest BCUT2D eigenvalue weighted by Gasteiger charge is 2.20. The molecule has 1 aliphatic heterocycles. The van der Waals surface area contributed by atoms with Crippen molar-refractivity contribution >= 4 is 5.78 Å². The highest BCUT2D eigenvalue weighted by Crippen LogP contribution is 2.40. The molecule has 4 nitrogen and oxygen atoms in total. The van der Waals surface area contributed by atoms with E-state index in [-0.39, 0.29) is 17.3 Å². The van der Waals surface area contributed by atoms with Gasteiger partial charge >= 0.3 is 0 Å². The van der Waals surface area contributed by atoms with Gasteiger partial charge in [0.25, 0.3) is 0 Å². The third-order valence-electron chi connectivity index (χ3n) is 4.17. The molecule has 4 heteroatoms. The first-order valence-electron chi connectivity index (χ1n) is 7.97. The molecule has 1 aliphatic rings. The van der Waals surface area contributed by atoms with Crippen molar-refractivity contribution in [1.29, 1.82) is 0 Å². The minimum atomic E-state index is -0.0314. The molecular formula is C19H20O4. The molecule has 0 saturated heterocycles. The second-order valence-electron chi connectivity index (χ2n) is 5.89. The summed E-state index contributed by atoms with van der Waals surface area (Å²) in [6.07, 6.45) is 3.73. The Morgan fingerprint density at radius 1 is 1.13 bits per heavy atom. The number of hydrogen-bond donors (Lipinski definition) is 2. The molecular weight excluding hydrogens is 292 g/mol. The van der Waals surface area contributed by atoms with E-state index in [0.717, 1.165) is 18.4 Å². The number of carbonyl (C=O) groups is 1. The largest absolute Gasteiger partial charge is 0.508 e. The number of phenolic OH excluding ortho intramolecular Hbond substituents is 2. The fourth-order valence-electron chi connectivity index (χ4n) is 2.87. The zero-order valence-electron chi connectivity index (χ0n) is 13.1. The van der Waals surface area contributed by atoms with E-state index in [9.17, 15) is 15.0 Å². The van der Waals surface area contributed by atoms with Gasteiger partial charge in [0, 0.05) is 29.7 Å². The van der Waals surface area contributed by atoms with Crippen molar-refractivity contribution in [2.45, 2.75) is 39.0 Å². The Hall–Kier alpha value is -2.49. The van der Waals surface area contributed by atoms with Crippen LogP contribution in [-0.4, -0.2) is 16.0 Å². The van der Waals surface area contributed by atoms with Gasteiger partial charge in [0.2, 0.25) is 0 Å². The van der Waals surface area contributed by atoms with Gasteiger partial charge in [-0.15, -0.1) is 0 Å². The summed E-state index contributed by atoms with van der Waals surface area (Å²) in [5, 5.41) is 19.6. The van der Waals surface area contributed by atoms with Crippen molar-refractivity contribution in [3.63, 3.8) is 0 Å². The van der Waals surface area contributed by atoms with Gasteiger partial charge in [-0.25, -0.2) is 0 Å². The van der Waals surface area contributed by atoms with Crippen molar-refractivity contribution in [2.24, 2.45) is 0 Å². The summed E-state index contributed by atoms with van der Waals surface area (Å²) in [5.41, 5.74) is 2.33. The molecule has 2 N–H and O–H groups in total. The third kappa shape index (κ3) is 3.16. The molecule has 0 aromatic heterocycles. The molecule has 1 heterocycles. The van der Waals surface area contributed by atoms with Crippen molar-refractivity contribution in [3.05, 3.63) is 47.0 Å². The Bertz CT molecular complexity index is 749. The van der Waals surface area contributed by atoms with Crippen LogP contribution in [0.3, 0.4) is 0 Å². The third-order valence-corrected chi connectivity index (χ3v) is 4.17. The summed E-state index contributed by atoms with van der Waals surface area (Å²) in [7, 11) is 0. The predicted molar refractivity (Wildman–Crippen MR) is 87.6 cm³/mol. The molecule has 3 rings (SSSR count). The van der Waals surface area contributed by atoms with Crippen molar-refractivity contribution in [1.82, 2.24) is 0 Å². The molecule has 0 amide bonds. The summed E-state index contributed by atoms with van der Waals surface area (Å²) < 4.78 is 5.85. The maximum absolute atomic E-state index is 12.2. The van der Waals surface area contributed by atoms with Gasteiger partial charge < -0.3 is 14.9 Å². The number of benzene rings is 2. The molecule has 0 spiro atoms. The van der Waals surface area contributed by atoms with Gasteiger partial charge in [-0.3, -0.25) is 4.79 Å². The van der Waals surface area contributed by atoms with Crippen LogP contribution in [-0.2, 0) is 12.8 Å². The number of rotatable bonds is 4. The van der Waals surface area contributed by atoms with Crippen molar-refractivity contribution in [3.8, 4) is 23.0 Å². The predicted octanol–water partition coefficient (Wildman–Crippen LogP) is 4.36. The second-order valence-corrected chi connectivity index (χ2v) is 5.89. The average molecular weight is 312 g/mol. The number of ketones is 1. The second kappa shape index (κ2) is 6.32. The lowest BCUT2D eigenvalue weighted by Gasteiger charge is -2.11. The van der Waals surface area contributed by atoms with E-state index in [1.54, 1.807) is 12.1 Å². The zero-order valence-corrected chi connectivity index (χ0v) is 13.1. The molecule has 0 unspecified atom stereocenters. The maximum Gasteiger partial charge on any atom is 0.162 e. The first kappa shape index (κ1) is 15.4. The van der Waals surface area contributed by atoms with Gasteiger partial charge in [-0.2, -0.15) is 0 Å². The Kier molecular flexibility index (Phi) is 4.24. The molecule has 120 valence electrons. The van der Waals surface area contributed by atoms with E-state index in [2.05, 4.69) is 6.92 Å². The number of carbonyl (C=O) groups excluding carboxylic acids is 1. The maximum atomic E-state index is 12.2. The summed E-state index contributed by atoms with van der Waals surface area (Å²) in [5.74, 6) is 1.28. The lowest BCUT2D eigenvalue weighted by atomic mass is 9.99. The van der Waals surface area contributed by atoms with E-state index in [1.807, 2.05) is 6.07 Å². The first-order chi connectivity index (χ1) is 11.1. The highest BCUT2D eigenvalue weighted by atomic mass is 16.5. The summed E-state index contributed by atoms with van der Waals surface area (Å²) in [6, 6.07) is 8.29. The highest BCUT2D eigenvalue weighted by molar-refractivity contribution is 5.96. The number of aromatic hydroxyl groups is 2. The molecule has 0 aliphatic carbocycles. The molecule has 0 saturated carbocycles. The van der Waals surface area contributed by atoms with E-state index in [0.29, 0.717) is 41.9 Å². The minimum absolute atomic E-state index is 0.0314. The van der Waals surface area contributed by atoms with Crippen LogP contribution in [0, 0.1) is 0 Å². The molecule has 23 heavy (non-hydrogen) atoms. The Morgan fingerprint density at radius 3 is 2.74 bits per heavy atom. The van der Waals surface area contributed by atoms with Gasteiger partial charge in [0.05, 0.1) is 0 Å². The van der Waals surface area contributed by atoms with Crippen molar-refractivity contribution in [2.75, 3.05) is 0 Å². The number of hydrogen-bond acceptors (Lipinski definition) is 4. The first-order valence-corrected chi connectivity index (χ1v) is 7.97. The SMILES string of the molecule is CCCCC(=O)c1ccc2c(c1)CCc1c(O)cc(O)cc1O2. The lowest BCUT2D eigenvalue weighted by molar-refractivity contribution is 0.0979.